The van der Waals surface area contributed by atoms with Crippen LogP contribution >= 0.6 is 12.6 Å². The minimum absolute atomic E-state index is 0.232. The predicted octanol–water partition coefficient (Wildman–Crippen LogP) is 0.460. The van der Waals surface area contributed by atoms with E-state index in [1.165, 1.54) is 4.90 Å². The Balaban J connectivity index is 2.26. The predicted molar refractivity (Wildman–Crippen MR) is 64.7 cm³/mol. The fourth-order valence-corrected chi connectivity index (χ4v) is 2.26. The van der Waals surface area contributed by atoms with E-state index in [9.17, 15) is 9.59 Å². The van der Waals surface area contributed by atoms with Gasteiger partial charge in [0.2, 0.25) is 5.91 Å². The molecule has 6 heteroatoms. The molecule has 1 aliphatic heterocycles. The van der Waals surface area contributed by atoms with Crippen molar-refractivity contribution in [2.45, 2.75) is 23.9 Å². The molecule has 0 aromatic carbocycles. The number of amides is 2. The van der Waals surface area contributed by atoms with Crippen molar-refractivity contribution in [1.82, 2.24) is 9.88 Å². The Kier molecular flexibility index (Phi) is 3.33. The van der Waals surface area contributed by atoms with Crippen LogP contribution in [0.15, 0.2) is 23.4 Å². The normalized spacial score (nSPS) is 19.4. The van der Waals surface area contributed by atoms with Gasteiger partial charge in [0, 0.05) is 12.7 Å². The number of rotatable bonds is 2. The van der Waals surface area contributed by atoms with Crippen molar-refractivity contribution >= 4 is 24.4 Å². The zero-order chi connectivity index (χ0) is 12.4. The lowest BCUT2D eigenvalue weighted by molar-refractivity contribution is -0.121. The van der Waals surface area contributed by atoms with E-state index in [0.717, 1.165) is 6.42 Å². The molecule has 1 aliphatic rings. The summed E-state index contributed by atoms with van der Waals surface area (Å²) in [7, 11) is 0. The zero-order valence-electron chi connectivity index (χ0n) is 9.17. The number of hydrogen-bond donors (Lipinski definition) is 2. The number of aromatic nitrogens is 1. The molecule has 5 nitrogen and oxygen atoms in total. The average molecular weight is 251 g/mol. The molecule has 17 heavy (non-hydrogen) atoms. The highest BCUT2D eigenvalue weighted by Gasteiger charge is 2.33. The van der Waals surface area contributed by atoms with Crippen molar-refractivity contribution in [2.24, 2.45) is 5.73 Å². The van der Waals surface area contributed by atoms with Crippen LogP contribution in [0.2, 0.25) is 0 Å². The number of carbonyl (C=O) groups is 2. The second-order valence-corrected chi connectivity index (χ2v) is 4.36. The van der Waals surface area contributed by atoms with Crippen LogP contribution in [-0.4, -0.2) is 34.3 Å². The quantitative estimate of drug-likeness (QED) is 0.750. The SMILES string of the molecule is NC(=O)C1CCCN1C(=O)c1cccnc1S. The molecule has 0 radical (unpaired) electrons. The summed E-state index contributed by atoms with van der Waals surface area (Å²) in [4.78, 5) is 28.9. The Morgan fingerprint density at radius 3 is 2.94 bits per heavy atom. The second kappa shape index (κ2) is 4.75. The fourth-order valence-electron chi connectivity index (χ4n) is 2.02. The van der Waals surface area contributed by atoms with Gasteiger partial charge in [-0.15, -0.1) is 12.6 Å². The van der Waals surface area contributed by atoms with Crippen molar-refractivity contribution < 1.29 is 9.59 Å². The van der Waals surface area contributed by atoms with Gasteiger partial charge in [0.1, 0.15) is 11.1 Å². The van der Waals surface area contributed by atoms with E-state index < -0.39 is 11.9 Å². The summed E-state index contributed by atoms with van der Waals surface area (Å²) in [5.41, 5.74) is 5.68. The van der Waals surface area contributed by atoms with Crippen LogP contribution in [0.5, 0.6) is 0 Å². The minimum Gasteiger partial charge on any atom is -0.368 e. The van der Waals surface area contributed by atoms with Crippen molar-refractivity contribution in [3.05, 3.63) is 23.9 Å². The number of likely N-dealkylation sites (tertiary alicyclic amines) is 1. The lowest BCUT2D eigenvalue weighted by Crippen LogP contribution is -2.43. The monoisotopic (exact) mass is 251 g/mol. The maximum atomic E-state index is 12.2. The summed E-state index contributed by atoms with van der Waals surface area (Å²) >= 11 is 4.14. The van der Waals surface area contributed by atoms with Gasteiger partial charge in [0.25, 0.3) is 5.91 Å². The van der Waals surface area contributed by atoms with Crippen molar-refractivity contribution in [3.63, 3.8) is 0 Å². The molecule has 0 saturated carbocycles. The molecule has 1 saturated heterocycles. The first-order valence-electron chi connectivity index (χ1n) is 5.35. The number of primary amides is 1. The summed E-state index contributed by atoms with van der Waals surface area (Å²) in [6.45, 7) is 0.550. The van der Waals surface area contributed by atoms with Crippen molar-refractivity contribution in [2.75, 3.05) is 6.54 Å². The van der Waals surface area contributed by atoms with E-state index >= 15 is 0 Å². The highest BCUT2D eigenvalue weighted by molar-refractivity contribution is 7.80. The molecular formula is C11H13N3O2S. The van der Waals surface area contributed by atoms with E-state index in [4.69, 9.17) is 5.73 Å². The third-order valence-corrected chi connectivity index (χ3v) is 3.22. The van der Waals surface area contributed by atoms with Gasteiger partial charge in [-0.2, -0.15) is 0 Å². The van der Waals surface area contributed by atoms with Crippen LogP contribution in [-0.2, 0) is 4.79 Å². The van der Waals surface area contributed by atoms with Gasteiger partial charge in [-0.25, -0.2) is 4.98 Å². The van der Waals surface area contributed by atoms with Crippen LogP contribution in [0.4, 0.5) is 0 Å². The molecule has 2 rings (SSSR count). The Morgan fingerprint density at radius 2 is 2.29 bits per heavy atom. The van der Waals surface area contributed by atoms with Crippen LogP contribution in [0, 0.1) is 0 Å². The highest BCUT2D eigenvalue weighted by Crippen LogP contribution is 2.21. The average Bonchev–Trinajstić information content (AvgIpc) is 2.77. The van der Waals surface area contributed by atoms with Crippen LogP contribution in [0.3, 0.4) is 0 Å². The topological polar surface area (TPSA) is 76.3 Å². The molecule has 1 aromatic heterocycles. The molecule has 1 aromatic rings. The molecule has 90 valence electrons. The number of carbonyl (C=O) groups excluding carboxylic acids is 2. The fraction of sp³-hybridized carbons (Fsp3) is 0.364. The van der Waals surface area contributed by atoms with Crippen molar-refractivity contribution in [1.29, 1.82) is 0 Å². The van der Waals surface area contributed by atoms with Crippen LogP contribution in [0.25, 0.3) is 0 Å². The van der Waals surface area contributed by atoms with Crippen molar-refractivity contribution in [3.8, 4) is 0 Å². The van der Waals surface area contributed by atoms with E-state index in [2.05, 4.69) is 17.6 Å². The number of pyridine rings is 1. The maximum Gasteiger partial charge on any atom is 0.257 e. The molecule has 2 N–H and O–H groups in total. The van der Waals surface area contributed by atoms with Gasteiger partial charge in [0.15, 0.2) is 0 Å². The number of thiol groups is 1. The summed E-state index contributed by atoms with van der Waals surface area (Å²) in [6.07, 6.45) is 2.99. The lowest BCUT2D eigenvalue weighted by Gasteiger charge is -2.22. The highest BCUT2D eigenvalue weighted by atomic mass is 32.1. The molecule has 1 fully saturated rings. The lowest BCUT2D eigenvalue weighted by atomic mass is 10.2. The molecule has 1 unspecified atom stereocenters. The molecule has 2 amide bonds. The summed E-state index contributed by atoms with van der Waals surface area (Å²) in [5.74, 6) is -0.690. The van der Waals surface area contributed by atoms with E-state index in [1.54, 1.807) is 18.3 Å². The van der Waals surface area contributed by atoms with Gasteiger partial charge in [-0.3, -0.25) is 9.59 Å². The van der Waals surface area contributed by atoms with Gasteiger partial charge >= 0.3 is 0 Å². The number of nitrogens with zero attached hydrogens (tertiary/aromatic N) is 2. The Bertz CT molecular complexity index is 464. The first-order chi connectivity index (χ1) is 8.11. The van der Waals surface area contributed by atoms with Gasteiger partial charge in [-0.05, 0) is 25.0 Å². The van der Waals surface area contributed by atoms with Crippen LogP contribution in [0.1, 0.15) is 23.2 Å². The zero-order valence-corrected chi connectivity index (χ0v) is 10.1. The Hall–Kier alpha value is -1.56. The number of hydrogen-bond acceptors (Lipinski definition) is 4. The summed E-state index contributed by atoms with van der Waals surface area (Å²) in [6, 6.07) is 2.81. The Morgan fingerprint density at radius 1 is 1.53 bits per heavy atom. The van der Waals surface area contributed by atoms with Gasteiger partial charge < -0.3 is 10.6 Å². The molecule has 1 atom stereocenters. The molecule has 0 bridgehead atoms. The van der Waals surface area contributed by atoms with E-state index in [0.29, 0.717) is 23.6 Å². The minimum atomic E-state index is -0.504. The maximum absolute atomic E-state index is 12.2. The second-order valence-electron chi connectivity index (χ2n) is 3.93. The number of nitrogens with two attached hydrogens (primary N) is 1. The third kappa shape index (κ3) is 2.26. The standard InChI is InChI=1S/C11H13N3O2S/c12-9(15)8-4-2-6-14(8)11(16)7-3-1-5-13-10(7)17/h1,3,5,8H,2,4,6H2,(H2,12,15)(H,13,17). The van der Waals surface area contributed by atoms with E-state index in [1.807, 2.05) is 0 Å². The van der Waals surface area contributed by atoms with Gasteiger partial charge in [0.05, 0.1) is 5.56 Å². The molecular weight excluding hydrogens is 238 g/mol. The molecule has 2 heterocycles. The largest absolute Gasteiger partial charge is 0.368 e. The van der Waals surface area contributed by atoms with E-state index in [-0.39, 0.29) is 5.91 Å². The van der Waals surface area contributed by atoms with Gasteiger partial charge in [-0.1, -0.05) is 0 Å². The summed E-state index contributed by atoms with van der Waals surface area (Å²) in [5, 5.41) is 0.368. The molecule has 0 aliphatic carbocycles. The third-order valence-electron chi connectivity index (χ3n) is 2.86. The first-order valence-corrected chi connectivity index (χ1v) is 5.80. The smallest absolute Gasteiger partial charge is 0.257 e. The van der Waals surface area contributed by atoms with Crippen LogP contribution < -0.4 is 5.73 Å². The molecule has 0 spiro atoms. The first kappa shape index (κ1) is 11.9. The summed E-state index contributed by atoms with van der Waals surface area (Å²) < 4.78 is 0. The Labute approximate surface area is 104 Å².